The molecule has 2 aromatic rings. The molecule has 0 amide bonds. The highest BCUT2D eigenvalue weighted by Crippen LogP contribution is 2.26. The Morgan fingerprint density at radius 1 is 1.12 bits per heavy atom. The third kappa shape index (κ3) is 4.83. The van der Waals surface area contributed by atoms with Crippen molar-refractivity contribution in [3.05, 3.63) is 59.7 Å². The third-order valence-electron chi connectivity index (χ3n) is 4.16. The summed E-state index contributed by atoms with van der Waals surface area (Å²) >= 11 is 0. The van der Waals surface area contributed by atoms with Crippen molar-refractivity contribution in [3.8, 4) is 0 Å². The van der Waals surface area contributed by atoms with Gasteiger partial charge in [0, 0.05) is 12.1 Å². The summed E-state index contributed by atoms with van der Waals surface area (Å²) in [6.45, 7) is 5.66. The standard InChI is InChI=1S/C19H24N2O4S/c1-4-13(2)20-17-11-10-16(19(22)23)12-18(17)26(24,25)21-14(3)15-8-6-5-7-9-15/h5-14,20-21H,4H2,1-3H3,(H,22,23)/t13-,14-/m1/s1. The van der Waals surface area contributed by atoms with Crippen LogP contribution in [0.15, 0.2) is 53.4 Å². The van der Waals surface area contributed by atoms with E-state index in [0.29, 0.717) is 5.69 Å². The molecule has 0 unspecified atom stereocenters. The lowest BCUT2D eigenvalue weighted by Crippen LogP contribution is -2.28. The molecule has 7 heteroatoms. The molecule has 0 bridgehead atoms. The summed E-state index contributed by atoms with van der Waals surface area (Å²) in [5.74, 6) is -1.17. The summed E-state index contributed by atoms with van der Waals surface area (Å²) in [7, 11) is -3.92. The van der Waals surface area contributed by atoms with Crippen molar-refractivity contribution in [1.82, 2.24) is 4.72 Å². The SMILES string of the molecule is CC[C@@H](C)Nc1ccc(C(=O)O)cc1S(=O)(=O)N[C@H](C)c1ccccc1. The topological polar surface area (TPSA) is 95.5 Å². The summed E-state index contributed by atoms with van der Waals surface area (Å²) in [4.78, 5) is 11.2. The van der Waals surface area contributed by atoms with Gasteiger partial charge >= 0.3 is 5.97 Å². The van der Waals surface area contributed by atoms with Gasteiger partial charge in [0.05, 0.1) is 11.3 Å². The van der Waals surface area contributed by atoms with Crippen molar-refractivity contribution in [1.29, 1.82) is 0 Å². The average Bonchev–Trinajstić information content (AvgIpc) is 2.61. The van der Waals surface area contributed by atoms with Crippen LogP contribution in [0, 0.1) is 0 Å². The largest absolute Gasteiger partial charge is 0.478 e. The maximum atomic E-state index is 12.9. The quantitative estimate of drug-likeness (QED) is 0.654. The maximum absolute atomic E-state index is 12.9. The second kappa shape index (κ2) is 8.33. The Morgan fingerprint density at radius 3 is 2.35 bits per heavy atom. The molecule has 0 aromatic heterocycles. The molecule has 6 nitrogen and oxygen atoms in total. The van der Waals surface area contributed by atoms with E-state index in [2.05, 4.69) is 10.0 Å². The number of benzene rings is 2. The zero-order valence-electron chi connectivity index (χ0n) is 15.1. The van der Waals surface area contributed by atoms with E-state index in [9.17, 15) is 18.3 Å². The molecule has 26 heavy (non-hydrogen) atoms. The molecule has 0 aliphatic carbocycles. The molecule has 0 aliphatic heterocycles. The Morgan fingerprint density at radius 2 is 1.77 bits per heavy atom. The highest BCUT2D eigenvalue weighted by atomic mass is 32.2. The zero-order valence-corrected chi connectivity index (χ0v) is 15.9. The van der Waals surface area contributed by atoms with Crippen LogP contribution in [0.25, 0.3) is 0 Å². The highest BCUT2D eigenvalue weighted by molar-refractivity contribution is 7.89. The molecular formula is C19H24N2O4S. The Labute approximate surface area is 154 Å². The predicted octanol–water partition coefficient (Wildman–Crippen LogP) is 3.63. The number of carboxylic acid groups (broad SMARTS) is 1. The van der Waals surface area contributed by atoms with Gasteiger partial charge in [-0.3, -0.25) is 0 Å². The fourth-order valence-corrected chi connectivity index (χ4v) is 3.90. The lowest BCUT2D eigenvalue weighted by atomic mass is 10.1. The first-order valence-corrected chi connectivity index (χ1v) is 9.94. The zero-order chi connectivity index (χ0) is 19.3. The summed E-state index contributed by atoms with van der Waals surface area (Å²) in [6, 6.07) is 12.9. The van der Waals surface area contributed by atoms with Crippen molar-refractivity contribution in [2.45, 2.75) is 44.2 Å². The predicted molar refractivity (Wildman–Crippen MR) is 102 cm³/mol. The number of hydrogen-bond acceptors (Lipinski definition) is 4. The molecule has 0 saturated heterocycles. The van der Waals surface area contributed by atoms with Gasteiger partial charge in [0.15, 0.2) is 0 Å². The number of aromatic carboxylic acids is 1. The minimum atomic E-state index is -3.92. The van der Waals surface area contributed by atoms with E-state index < -0.39 is 22.0 Å². The smallest absolute Gasteiger partial charge is 0.335 e. The number of anilines is 1. The third-order valence-corrected chi connectivity index (χ3v) is 5.74. The fourth-order valence-electron chi connectivity index (χ4n) is 2.47. The Kier molecular flexibility index (Phi) is 6.39. The van der Waals surface area contributed by atoms with Crippen LogP contribution in [0.5, 0.6) is 0 Å². The highest BCUT2D eigenvalue weighted by Gasteiger charge is 2.24. The Hall–Kier alpha value is -2.38. The lowest BCUT2D eigenvalue weighted by molar-refractivity contribution is 0.0696. The number of nitrogens with one attached hydrogen (secondary N) is 2. The average molecular weight is 376 g/mol. The number of rotatable bonds is 8. The van der Waals surface area contributed by atoms with E-state index >= 15 is 0 Å². The molecule has 0 radical (unpaired) electrons. The molecule has 3 N–H and O–H groups in total. The molecule has 2 atom stereocenters. The van der Waals surface area contributed by atoms with Crippen LogP contribution in [0.1, 0.15) is 49.2 Å². The van der Waals surface area contributed by atoms with Crippen LogP contribution in [0.3, 0.4) is 0 Å². The van der Waals surface area contributed by atoms with Crippen LogP contribution in [0.4, 0.5) is 5.69 Å². The monoisotopic (exact) mass is 376 g/mol. The number of hydrogen-bond donors (Lipinski definition) is 3. The van der Waals surface area contributed by atoms with Crippen LogP contribution in [0.2, 0.25) is 0 Å². The first-order chi connectivity index (χ1) is 12.2. The Bertz CT molecular complexity index is 866. The van der Waals surface area contributed by atoms with Crippen molar-refractivity contribution in [2.24, 2.45) is 0 Å². The minimum Gasteiger partial charge on any atom is -0.478 e. The van der Waals surface area contributed by atoms with E-state index in [4.69, 9.17) is 0 Å². The van der Waals surface area contributed by atoms with Crippen LogP contribution < -0.4 is 10.0 Å². The normalized spacial score (nSPS) is 13.8. The van der Waals surface area contributed by atoms with E-state index in [1.165, 1.54) is 18.2 Å². The molecular weight excluding hydrogens is 352 g/mol. The molecule has 140 valence electrons. The molecule has 0 fully saturated rings. The molecule has 0 aliphatic rings. The number of sulfonamides is 1. The van der Waals surface area contributed by atoms with Gasteiger partial charge in [-0.25, -0.2) is 17.9 Å². The van der Waals surface area contributed by atoms with Crippen molar-refractivity contribution in [3.63, 3.8) is 0 Å². The summed E-state index contributed by atoms with van der Waals surface area (Å²) in [5.41, 5.74) is 1.13. The van der Waals surface area contributed by atoms with Gasteiger partial charge in [0.25, 0.3) is 0 Å². The number of carbonyl (C=O) groups is 1. The Balaban J connectivity index is 2.41. The summed E-state index contributed by atoms with van der Waals surface area (Å²) in [5, 5.41) is 12.4. The van der Waals surface area contributed by atoms with Gasteiger partial charge in [0.1, 0.15) is 4.90 Å². The van der Waals surface area contributed by atoms with E-state index in [0.717, 1.165) is 12.0 Å². The fraction of sp³-hybridized carbons (Fsp3) is 0.316. The van der Waals surface area contributed by atoms with Gasteiger partial charge in [-0.15, -0.1) is 0 Å². The van der Waals surface area contributed by atoms with E-state index in [-0.39, 0.29) is 16.5 Å². The van der Waals surface area contributed by atoms with Crippen molar-refractivity contribution >= 4 is 21.7 Å². The van der Waals surface area contributed by atoms with Gasteiger partial charge in [0.2, 0.25) is 10.0 Å². The molecule has 0 heterocycles. The van der Waals surface area contributed by atoms with Gasteiger partial charge < -0.3 is 10.4 Å². The minimum absolute atomic E-state index is 0.0474. The van der Waals surface area contributed by atoms with E-state index in [1.54, 1.807) is 6.92 Å². The second-order valence-electron chi connectivity index (χ2n) is 6.22. The molecule has 0 saturated carbocycles. The maximum Gasteiger partial charge on any atom is 0.335 e. The second-order valence-corrected chi connectivity index (χ2v) is 7.91. The lowest BCUT2D eigenvalue weighted by Gasteiger charge is -2.20. The van der Waals surface area contributed by atoms with Crippen molar-refractivity contribution in [2.75, 3.05) is 5.32 Å². The van der Waals surface area contributed by atoms with Gasteiger partial charge in [-0.2, -0.15) is 0 Å². The molecule has 2 aromatic carbocycles. The van der Waals surface area contributed by atoms with Gasteiger partial charge in [-0.1, -0.05) is 37.3 Å². The van der Waals surface area contributed by atoms with Crippen LogP contribution in [-0.4, -0.2) is 25.5 Å². The molecule has 0 spiro atoms. The number of carboxylic acids is 1. The van der Waals surface area contributed by atoms with E-state index in [1.807, 2.05) is 44.2 Å². The summed E-state index contributed by atoms with van der Waals surface area (Å²) < 4.78 is 28.5. The summed E-state index contributed by atoms with van der Waals surface area (Å²) in [6.07, 6.45) is 0.800. The first kappa shape index (κ1) is 19.9. The van der Waals surface area contributed by atoms with Crippen LogP contribution in [-0.2, 0) is 10.0 Å². The molecule has 2 rings (SSSR count). The van der Waals surface area contributed by atoms with Gasteiger partial charge in [-0.05, 0) is 44.0 Å². The first-order valence-electron chi connectivity index (χ1n) is 8.45. The van der Waals surface area contributed by atoms with Crippen LogP contribution >= 0.6 is 0 Å². The van der Waals surface area contributed by atoms with Crippen molar-refractivity contribution < 1.29 is 18.3 Å².